The number of hydrogen-bond donors (Lipinski definition) is 1. The first-order valence-electron chi connectivity index (χ1n) is 6.94. The quantitative estimate of drug-likeness (QED) is 0.882. The van der Waals surface area contributed by atoms with E-state index in [-0.39, 0.29) is 24.3 Å². The van der Waals surface area contributed by atoms with Crippen LogP contribution in [0.4, 0.5) is 11.4 Å². The van der Waals surface area contributed by atoms with Gasteiger partial charge in [-0.2, -0.15) is 0 Å². The van der Waals surface area contributed by atoms with Crippen LogP contribution in [-0.4, -0.2) is 24.3 Å². The summed E-state index contributed by atoms with van der Waals surface area (Å²) in [6.07, 6.45) is 0.691. The van der Waals surface area contributed by atoms with Crippen LogP contribution in [0.15, 0.2) is 41.8 Å². The first-order chi connectivity index (χ1) is 10.2. The second-order valence-electron chi connectivity index (χ2n) is 4.95. The molecule has 2 aromatic rings. The Bertz CT molecular complexity index is 667. The van der Waals surface area contributed by atoms with Crippen LogP contribution in [0.1, 0.15) is 23.0 Å². The summed E-state index contributed by atoms with van der Waals surface area (Å²) in [6, 6.07) is 11.0. The molecule has 5 heteroatoms. The number of para-hydroxylation sites is 2. The lowest BCUT2D eigenvalue weighted by Gasteiger charge is -2.34. The molecule has 1 atom stereocenters. The van der Waals surface area contributed by atoms with E-state index in [9.17, 15) is 9.59 Å². The zero-order valence-corrected chi connectivity index (χ0v) is 12.5. The van der Waals surface area contributed by atoms with Crippen LogP contribution in [0.25, 0.3) is 0 Å². The zero-order valence-electron chi connectivity index (χ0n) is 11.7. The van der Waals surface area contributed by atoms with E-state index in [2.05, 4.69) is 5.32 Å². The van der Waals surface area contributed by atoms with E-state index in [1.165, 1.54) is 11.3 Å². The van der Waals surface area contributed by atoms with Gasteiger partial charge in [0, 0.05) is 0 Å². The van der Waals surface area contributed by atoms with E-state index >= 15 is 0 Å². The molecular weight excluding hydrogens is 284 g/mol. The highest BCUT2D eigenvalue weighted by Crippen LogP contribution is 2.32. The monoisotopic (exact) mass is 300 g/mol. The number of nitrogens with zero attached hydrogens (tertiary/aromatic N) is 1. The fraction of sp³-hybridized carbons (Fsp3) is 0.250. The number of hydrogen-bond acceptors (Lipinski definition) is 4. The summed E-state index contributed by atoms with van der Waals surface area (Å²) >= 11 is 1.41. The number of nitrogens with one attached hydrogen (secondary N) is 1. The van der Waals surface area contributed by atoms with E-state index in [1.807, 2.05) is 42.6 Å². The fourth-order valence-corrected chi connectivity index (χ4v) is 3.14. The SMILES string of the molecule is CCC1Nc2ccccc2N(CC(=O)c2cccs2)C1=O. The predicted molar refractivity (Wildman–Crippen MR) is 85.1 cm³/mol. The molecule has 4 nitrogen and oxygen atoms in total. The van der Waals surface area contributed by atoms with Gasteiger partial charge in [0.25, 0.3) is 0 Å². The van der Waals surface area contributed by atoms with E-state index in [0.717, 1.165) is 11.4 Å². The number of Topliss-reactive ketones (excluding diaryl/α,β-unsaturated/α-hetero) is 1. The number of ketones is 1. The molecule has 0 saturated carbocycles. The third kappa shape index (κ3) is 2.56. The number of rotatable bonds is 4. The minimum absolute atomic E-state index is 0.0232. The molecule has 1 unspecified atom stereocenters. The summed E-state index contributed by atoms with van der Waals surface area (Å²) < 4.78 is 0. The van der Waals surface area contributed by atoms with E-state index in [4.69, 9.17) is 0 Å². The van der Waals surface area contributed by atoms with Crippen LogP contribution in [0.2, 0.25) is 0 Å². The van der Waals surface area contributed by atoms with Gasteiger partial charge >= 0.3 is 0 Å². The molecule has 1 N–H and O–H groups in total. The fourth-order valence-electron chi connectivity index (χ4n) is 2.49. The van der Waals surface area contributed by atoms with Crippen molar-refractivity contribution in [3.63, 3.8) is 0 Å². The largest absolute Gasteiger partial charge is 0.372 e. The van der Waals surface area contributed by atoms with Crippen molar-refractivity contribution in [1.82, 2.24) is 0 Å². The van der Waals surface area contributed by atoms with Crippen molar-refractivity contribution in [3.05, 3.63) is 46.7 Å². The average Bonchev–Trinajstić information content (AvgIpc) is 3.04. The van der Waals surface area contributed by atoms with Crippen molar-refractivity contribution in [2.24, 2.45) is 0 Å². The number of amides is 1. The van der Waals surface area contributed by atoms with Gasteiger partial charge in [0.2, 0.25) is 5.91 Å². The Hall–Kier alpha value is -2.14. The second kappa shape index (κ2) is 5.69. The molecule has 1 aliphatic rings. The predicted octanol–water partition coefficient (Wildman–Crippen LogP) is 3.17. The van der Waals surface area contributed by atoms with Gasteiger partial charge < -0.3 is 10.2 Å². The van der Waals surface area contributed by atoms with Crippen molar-refractivity contribution in [3.8, 4) is 0 Å². The van der Waals surface area contributed by atoms with Gasteiger partial charge in [-0.05, 0) is 30.0 Å². The van der Waals surface area contributed by atoms with E-state index in [0.29, 0.717) is 11.3 Å². The summed E-state index contributed by atoms with van der Waals surface area (Å²) in [4.78, 5) is 27.1. The Morgan fingerprint density at radius 3 is 2.81 bits per heavy atom. The Morgan fingerprint density at radius 1 is 1.29 bits per heavy atom. The first kappa shape index (κ1) is 13.8. The van der Waals surface area contributed by atoms with Crippen LogP contribution in [0.3, 0.4) is 0 Å². The molecule has 1 amide bonds. The van der Waals surface area contributed by atoms with Crippen LogP contribution in [-0.2, 0) is 4.79 Å². The van der Waals surface area contributed by atoms with Crippen molar-refractivity contribution >= 4 is 34.4 Å². The second-order valence-corrected chi connectivity index (χ2v) is 5.89. The molecule has 3 rings (SSSR count). The summed E-state index contributed by atoms with van der Waals surface area (Å²) in [7, 11) is 0. The van der Waals surface area contributed by atoms with Crippen molar-refractivity contribution < 1.29 is 9.59 Å². The Balaban J connectivity index is 1.92. The average molecular weight is 300 g/mol. The molecule has 0 radical (unpaired) electrons. The maximum absolute atomic E-state index is 12.5. The Kier molecular flexibility index (Phi) is 3.75. The van der Waals surface area contributed by atoms with Crippen LogP contribution < -0.4 is 10.2 Å². The number of anilines is 2. The van der Waals surface area contributed by atoms with Crippen molar-refractivity contribution in [1.29, 1.82) is 0 Å². The first-order valence-corrected chi connectivity index (χ1v) is 7.82. The number of carbonyl (C=O) groups excluding carboxylic acids is 2. The van der Waals surface area contributed by atoms with Gasteiger partial charge in [-0.3, -0.25) is 9.59 Å². The third-order valence-corrected chi connectivity index (χ3v) is 4.51. The molecule has 0 bridgehead atoms. The molecule has 1 aromatic carbocycles. The van der Waals surface area contributed by atoms with E-state index < -0.39 is 0 Å². The maximum atomic E-state index is 12.5. The molecule has 108 valence electrons. The lowest BCUT2D eigenvalue weighted by Crippen LogP contribution is -2.48. The highest BCUT2D eigenvalue weighted by molar-refractivity contribution is 7.12. The summed E-state index contributed by atoms with van der Waals surface area (Å²) in [5, 5.41) is 5.11. The summed E-state index contributed by atoms with van der Waals surface area (Å²) in [5.74, 6) is -0.0639. The van der Waals surface area contributed by atoms with Gasteiger partial charge in [-0.25, -0.2) is 0 Å². The van der Waals surface area contributed by atoms with Crippen molar-refractivity contribution in [2.45, 2.75) is 19.4 Å². The van der Waals surface area contributed by atoms with Gasteiger partial charge in [0.05, 0.1) is 22.8 Å². The van der Waals surface area contributed by atoms with Gasteiger partial charge in [-0.1, -0.05) is 25.1 Å². The van der Waals surface area contributed by atoms with Gasteiger partial charge in [-0.15, -0.1) is 11.3 Å². The smallest absolute Gasteiger partial charge is 0.249 e. The Labute approximate surface area is 127 Å². The normalized spacial score (nSPS) is 17.3. The van der Waals surface area contributed by atoms with Crippen LogP contribution in [0.5, 0.6) is 0 Å². The van der Waals surface area contributed by atoms with Crippen LogP contribution >= 0.6 is 11.3 Å². The number of benzene rings is 1. The lowest BCUT2D eigenvalue weighted by atomic mass is 10.1. The molecule has 0 aliphatic carbocycles. The summed E-state index contributed by atoms with van der Waals surface area (Å²) in [5.41, 5.74) is 1.68. The number of fused-ring (bicyclic) bond motifs is 1. The highest BCUT2D eigenvalue weighted by Gasteiger charge is 2.32. The third-order valence-electron chi connectivity index (χ3n) is 3.59. The topological polar surface area (TPSA) is 49.4 Å². The summed E-state index contributed by atoms with van der Waals surface area (Å²) in [6.45, 7) is 2.05. The lowest BCUT2D eigenvalue weighted by molar-refractivity contribution is -0.119. The zero-order chi connectivity index (χ0) is 14.8. The molecular formula is C16H16N2O2S. The number of thiophene rings is 1. The standard InChI is InChI=1S/C16H16N2O2S/c1-2-11-16(20)18(10-14(19)15-8-5-9-21-15)13-7-4-3-6-12(13)17-11/h3-9,11,17H,2,10H2,1H3. The Morgan fingerprint density at radius 2 is 2.10 bits per heavy atom. The van der Waals surface area contributed by atoms with E-state index in [1.54, 1.807) is 11.0 Å². The minimum atomic E-state index is -0.268. The molecule has 0 fully saturated rings. The molecule has 1 aromatic heterocycles. The molecule has 1 aliphatic heterocycles. The molecule has 21 heavy (non-hydrogen) atoms. The molecule has 0 spiro atoms. The maximum Gasteiger partial charge on any atom is 0.249 e. The highest BCUT2D eigenvalue weighted by atomic mass is 32.1. The molecule has 2 heterocycles. The van der Waals surface area contributed by atoms with Gasteiger partial charge in [0.1, 0.15) is 6.04 Å². The van der Waals surface area contributed by atoms with Crippen molar-refractivity contribution in [2.75, 3.05) is 16.8 Å². The van der Waals surface area contributed by atoms with Crippen LogP contribution in [0, 0.1) is 0 Å². The van der Waals surface area contributed by atoms with Gasteiger partial charge in [0.15, 0.2) is 5.78 Å². The minimum Gasteiger partial charge on any atom is -0.372 e. The molecule has 0 saturated heterocycles. The number of carbonyl (C=O) groups is 2.